The van der Waals surface area contributed by atoms with E-state index < -0.39 is 11.5 Å². The Bertz CT molecular complexity index is 495. The van der Waals surface area contributed by atoms with Crippen LogP contribution in [0.2, 0.25) is 0 Å². The van der Waals surface area contributed by atoms with Crippen LogP contribution in [-0.4, -0.2) is 40.7 Å². The summed E-state index contributed by atoms with van der Waals surface area (Å²) < 4.78 is 5.22. The third kappa shape index (κ3) is 3.29. The van der Waals surface area contributed by atoms with Gasteiger partial charge >= 0.3 is 5.97 Å². The highest BCUT2D eigenvalue weighted by atomic mass is 16.5. The van der Waals surface area contributed by atoms with Gasteiger partial charge in [0, 0.05) is 12.3 Å². The number of pyridine rings is 1. The minimum Gasteiger partial charge on any atom is -0.481 e. The Labute approximate surface area is 110 Å². The van der Waals surface area contributed by atoms with E-state index in [0.29, 0.717) is 13.0 Å². The average molecular weight is 264 g/mol. The second-order valence-corrected chi connectivity index (χ2v) is 4.77. The smallest absolute Gasteiger partial charge is 0.305 e. The molecule has 0 aliphatic carbocycles. The summed E-state index contributed by atoms with van der Waals surface area (Å²) >= 11 is 0. The van der Waals surface area contributed by atoms with Crippen molar-refractivity contribution in [3.63, 3.8) is 0 Å². The van der Waals surface area contributed by atoms with Gasteiger partial charge in [-0.05, 0) is 25.5 Å². The Morgan fingerprint density at radius 2 is 2.32 bits per heavy atom. The van der Waals surface area contributed by atoms with Crippen molar-refractivity contribution in [1.29, 1.82) is 0 Å². The molecular formula is C13H16N2O4. The summed E-state index contributed by atoms with van der Waals surface area (Å²) in [6.07, 6.45) is 0.349. The molecule has 0 radical (unpaired) electrons. The second kappa shape index (κ2) is 5.36. The number of carbonyl (C=O) groups excluding carboxylic acids is 1. The number of hydrogen-bond donors (Lipinski definition) is 2. The van der Waals surface area contributed by atoms with Gasteiger partial charge in [0.2, 0.25) is 0 Å². The molecule has 1 fully saturated rings. The van der Waals surface area contributed by atoms with E-state index in [-0.39, 0.29) is 24.6 Å². The Hall–Kier alpha value is -1.95. The number of nitrogens with one attached hydrogen (secondary N) is 1. The van der Waals surface area contributed by atoms with Crippen LogP contribution in [0.15, 0.2) is 18.2 Å². The van der Waals surface area contributed by atoms with E-state index in [9.17, 15) is 9.59 Å². The van der Waals surface area contributed by atoms with E-state index in [4.69, 9.17) is 9.84 Å². The zero-order valence-electron chi connectivity index (χ0n) is 10.7. The van der Waals surface area contributed by atoms with Crippen LogP contribution >= 0.6 is 0 Å². The van der Waals surface area contributed by atoms with Crippen molar-refractivity contribution in [2.45, 2.75) is 25.3 Å². The van der Waals surface area contributed by atoms with Gasteiger partial charge in [0.1, 0.15) is 5.69 Å². The van der Waals surface area contributed by atoms with Crippen LogP contribution in [0.25, 0.3) is 0 Å². The van der Waals surface area contributed by atoms with Gasteiger partial charge in [0.25, 0.3) is 5.91 Å². The van der Waals surface area contributed by atoms with Crippen molar-refractivity contribution < 1.29 is 19.4 Å². The first-order valence-electron chi connectivity index (χ1n) is 6.06. The molecule has 2 N–H and O–H groups in total. The molecule has 1 amide bonds. The Morgan fingerprint density at radius 3 is 2.89 bits per heavy atom. The monoisotopic (exact) mass is 264 g/mol. The van der Waals surface area contributed by atoms with Crippen LogP contribution in [0.4, 0.5) is 0 Å². The minimum atomic E-state index is -0.956. The van der Waals surface area contributed by atoms with Crippen molar-refractivity contribution in [2.75, 3.05) is 13.2 Å². The molecule has 1 aliphatic heterocycles. The lowest BCUT2D eigenvalue weighted by molar-refractivity contribution is -0.138. The van der Waals surface area contributed by atoms with Gasteiger partial charge in [-0.1, -0.05) is 6.07 Å². The van der Waals surface area contributed by atoms with Gasteiger partial charge in [-0.25, -0.2) is 4.98 Å². The van der Waals surface area contributed by atoms with Crippen molar-refractivity contribution in [3.8, 4) is 0 Å². The highest BCUT2D eigenvalue weighted by molar-refractivity contribution is 5.93. The number of aryl methyl sites for hydroxylation is 1. The second-order valence-electron chi connectivity index (χ2n) is 4.77. The number of rotatable bonds is 4. The summed E-state index contributed by atoms with van der Waals surface area (Å²) in [6, 6.07) is 5.14. The molecule has 0 saturated carbocycles. The standard InChI is InChI=1S/C13H16N2O4/c1-9-3-2-4-10(14-9)12(18)15-13(7-11(16)17)5-6-19-8-13/h2-4H,5-8H2,1H3,(H,15,18)(H,16,17). The molecule has 0 bridgehead atoms. The first-order valence-corrected chi connectivity index (χ1v) is 6.06. The normalized spacial score (nSPS) is 22.2. The van der Waals surface area contributed by atoms with E-state index >= 15 is 0 Å². The van der Waals surface area contributed by atoms with Crippen LogP contribution in [0, 0.1) is 6.92 Å². The van der Waals surface area contributed by atoms with Gasteiger partial charge in [0.05, 0.1) is 18.6 Å². The van der Waals surface area contributed by atoms with Crippen molar-refractivity contribution in [2.24, 2.45) is 0 Å². The highest BCUT2D eigenvalue weighted by Crippen LogP contribution is 2.23. The van der Waals surface area contributed by atoms with Crippen molar-refractivity contribution >= 4 is 11.9 Å². The molecule has 1 aromatic rings. The lowest BCUT2D eigenvalue weighted by Crippen LogP contribution is -2.50. The number of aliphatic carboxylic acids is 1. The molecule has 1 saturated heterocycles. The first-order chi connectivity index (χ1) is 9.01. The molecule has 2 rings (SSSR count). The van der Waals surface area contributed by atoms with E-state index in [1.165, 1.54) is 0 Å². The predicted octanol–water partition coefficient (Wildman–Crippen LogP) is 0.754. The zero-order chi connectivity index (χ0) is 13.9. The Kier molecular flexibility index (Phi) is 3.80. The van der Waals surface area contributed by atoms with Crippen LogP contribution < -0.4 is 5.32 Å². The molecule has 6 heteroatoms. The zero-order valence-corrected chi connectivity index (χ0v) is 10.7. The number of carboxylic acid groups (broad SMARTS) is 1. The van der Waals surface area contributed by atoms with Gasteiger partial charge < -0.3 is 15.2 Å². The number of hydrogen-bond acceptors (Lipinski definition) is 4. The SMILES string of the molecule is Cc1cccc(C(=O)NC2(CC(=O)O)CCOC2)n1. The molecule has 1 unspecified atom stereocenters. The lowest BCUT2D eigenvalue weighted by atomic mass is 9.94. The summed E-state index contributed by atoms with van der Waals surface area (Å²) in [5, 5.41) is 11.7. The van der Waals surface area contributed by atoms with Gasteiger partial charge in [-0.2, -0.15) is 0 Å². The number of carboxylic acids is 1. The minimum absolute atomic E-state index is 0.148. The summed E-state index contributed by atoms with van der Waals surface area (Å²) in [5.41, 5.74) is 0.202. The summed E-state index contributed by atoms with van der Waals surface area (Å²) in [6.45, 7) is 2.47. The van der Waals surface area contributed by atoms with Crippen molar-refractivity contribution in [3.05, 3.63) is 29.6 Å². The number of carbonyl (C=O) groups is 2. The fraction of sp³-hybridized carbons (Fsp3) is 0.462. The highest BCUT2D eigenvalue weighted by Gasteiger charge is 2.39. The fourth-order valence-corrected chi connectivity index (χ4v) is 2.15. The molecule has 102 valence electrons. The van der Waals surface area contributed by atoms with Crippen LogP contribution in [0.1, 0.15) is 29.0 Å². The third-order valence-electron chi connectivity index (χ3n) is 3.09. The van der Waals surface area contributed by atoms with Crippen LogP contribution in [-0.2, 0) is 9.53 Å². The molecule has 0 aromatic carbocycles. The number of nitrogens with zero attached hydrogens (tertiary/aromatic N) is 1. The maximum atomic E-state index is 12.1. The fourth-order valence-electron chi connectivity index (χ4n) is 2.15. The van der Waals surface area contributed by atoms with E-state index in [0.717, 1.165) is 5.69 Å². The summed E-state index contributed by atoms with van der Waals surface area (Å²) in [4.78, 5) is 27.2. The lowest BCUT2D eigenvalue weighted by Gasteiger charge is -2.26. The van der Waals surface area contributed by atoms with Gasteiger partial charge in [-0.3, -0.25) is 9.59 Å². The predicted molar refractivity (Wildman–Crippen MR) is 66.9 cm³/mol. The topological polar surface area (TPSA) is 88.5 Å². The molecule has 1 atom stereocenters. The molecule has 1 aliphatic rings. The van der Waals surface area contributed by atoms with Gasteiger partial charge in [-0.15, -0.1) is 0 Å². The molecule has 6 nitrogen and oxygen atoms in total. The molecule has 19 heavy (non-hydrogen) atoms. The molecular weight excluding hydrogens is 248 g/mol. The number of aromatic nitrogens is 1. The molecule has 1 aromatic heterocycles. The van der Waals surface area contributed by atoms with Crippen LogP contribution in [0.3, 0.4) is 0 Å². The third-order valence-corrected chi connectivity index (χ3v) is 3.09. The summed E-state index contributed by atoms with van der Waals surface area (Å²) in [5.74, 6) is -1.32. The number of amides is 1. The van der Waals surface area contributed by atoms with Crippen molar-refractivity contribution in [1.82, 2.24) is 10.3 Å². The molecule has 0 spiro atoms. The maximum Gasteiger partial charge on any atom is 0.305 e. The van der Waals surface area contributed by atoms with Crippen LogP contribution in [0.5, 0.6) is 0 Å². The molecule has 2 heterocycles. The van der Waals surface area contributed by atoms with E-state index in [2.05, 4.69) is 10.3 Å². The number of ether oxygens (including phenoxy) is 1. The van der Waals surface area contributed by atoms with E-state index in [1.807, 2.05) is 0 Å². The maximum absolute atomic E-state index is 12.1. The Balaban J connectivity index is 2.13. The van der Waals surface area contributed by atoms with Gasteiger partial charge in [0.15, 0.2) is 0 Å². The quantitative estimate of drug-likeness (QED) is 0.838. The largest absolute Gasteiger partial charge is 0.481 e. The van der Waals surface area contributed by atoms with E-state index in [1.54, 1.807) is 25.1 Å². The summed E-state index contributed by atoms with van der Waals surface area (Å²) in [7, 11) is 0. The Morgan fingerprint density at radius 1 is 1.53 bits per heavy atom. The first kappa shape index (κ1) is 13.5. The average Bonchev–Trinajstić information content (AvgIpc) is 2.76.